The van der Waals surface area contributed by atoms with E-state index in [1.165, 1.54) is 5.69 Å². The molecule has 0 spiro atoms. The van der Waals surface area contributed by atoms with Gasteiger partial charge in [-0.15, -0.1) is 0 Å². The molecule has 6 heteroatoms. The first kappa shape index (κ1) is 19.9. The molecule has 3 aromatic rings. The number of pyridine rings is 1. The first-order chi connectivity index (χ1) is 14.7. The minimum absolute atomic E-state index is 0.0276. The Hall–Kier alpha value is -3.38. The van der Waals surface area contributed by atoms with Crippen molar-refractivity contribution in [2.24, 2.45) is 0 Å². The van der Waals surface area contributed by atoms with E-state index in [0.29, 0.717) is 23.6 Å². The zero-order valence-corrected chi connectivity index (χ0v) is 17.0. The lowest BCUT2D eigenvalue weighted by molar-refractivity contribution is 0.0785. The molecular weight excluding hydrogens is 378 g/mol. The number of aromatic nitrogens is 1. The SMILES string of the molecule is CN(Cc1ccc(N2CCOCC2)cc1)C(=O)c1ccc(Oc2cccnc2)cc1. The van der Waals surface area contributed by atoms with Gasteiger partial charge < -0.3 is 19.3 Å². The third kappa shape index (κ3) is 4.96. The third-order valence-corrected chi connectivity index (χ3v) is 5.05. The number of hydrogen-bond donors (Lipinski definition) is 0. The molecule has 0 unspecified atom stereocenters. The molecule has 2 heterocycles. The average Bonchev–Trinajstić information content (AvgIpc) is 2.81. The summed E-state index contributed by atoms with van der Waals surface area (Å²) in [5, 5.41) is 0. The standard InChI is InChI=1S/C24H25N3O3/c1-26(18-19-4-8-21(9-5-19)27-13-15-29-16-14-27)24(28)20-6-10-22(11-7-20)30-23-3-2-12-25-17-23/h2-12,17H,13-16,18H2,1H3. The van der Waals surface area contributed by atoms with Crippen molar-refractivity contribution < 1.29 is 14.3 Å². The van der Waals surface area contributed by atoms with E-state index in [1.807, 2.05) is 19.2 Å². The molecule has 1 amide bonds. The van der Waals surface area contributed by atoms with Crippen LogP contribution < -0.4 is 9.64 Å². The van der Waals surface area contributed by atoms with Crippen LogP contribution in [0.1, 0.15) is 15.9 Å². The second-order valence-electron chi connectivity index (χ2n) is 7.24. The molecule has 0 saturated carbocycles. The summed E-state index contributed by atoms with van der Waals surface area (Å²) in [6.45, 7) is 3.92. The Balaban J connectivity index is 1.35. The zero-order chi connectivity index (χ0) is 20.8. The Labute approximate surface area is 176 Å². The molecule has 30 heavy (non-hydrogen) atoms. The molecule has 0 aliphatic carbocycles. The molecule has 154 valence electrons. The number of morpholine rings is 1. The average molecular weight is 403 g/mol. The Bertz CT molecular complexity index is 953. The van der Waals surface area contributed by atoms with Crippen molar-refractivity contribution in [3.05, 3.63) is 84.2 Å². The lowest BCUT2D eigenvalue weighted by Crippen LogP contribution is -2.36. The molecular formula is C24H25N3O3. The van der Waals surface area contributed by atoms with Crippen LogP contribution in [-0.4, -0.2) is 49.1 Å². The van der Waals surface area contributed by atoms with Gasteiger partial charge in [0.25, 0.3) is 5.91 Å². The monoisotopic (exact) mass is 403 g/mol. The quantitative estimate of drug-likeness (QED) is 0.623. The van der Waals surface area contributed by atoms with Crippen molar-refractivity contribution in [3.8, 4) is 11.5 Å². The highest BCUT2D eigenvalue weighted by atomic mass is 16.5. The van der Waals surface area contributed by atoms with E-state index in [1.54, 1.807) is 41.6 Å². The van der Waals surface area contributed by atoms with Gasteiger partial charge in [0.2, 0.25) is 0 Å². The van der Waals surface area contributed by atoms with Crippen molar-refractivity contribution in [2.45, 2.75) is 6.54 Å². The number of rotatable bonds is 6. The van der Waals surface area contributed by atoms with Crippen LogP contribution in [0.4, 0.5) is 5.69 Å². The van der Waals surface area contributed by atoms with Crippen LogP contribution in [0.5, 0.6) is 11.5 Å². The van der Waals surface area contributed by atoms with Gasteiger partial charge in [0, 0.05) is 44.1 Å². The molecule has 1 saturated heterocycles. The summed E-state index contributed by atoms with van der Waals surface area (Å²) in [4.78, 5) is 20.9. The molecule has 1 aromatic heterocycles. The molecule has 6 nitrogen and oxygen atoms in total. The van der Waals surface area contributed by atoms with Gasteiger partial charge in [-0.25, -0.2) is 0 Å². The van der Waals surface area contributed by atoms with Crippen molar-refractivity contribution in [2.75, 3.05) is 38.3 Å². The molecule has 4 rings (SSSR count). The number of anilines is 1. The van der Waals surface area contributed by atoms with Crippen molar-refractivity contribution >= 4 is 11.6 Å². The van der Waals surface area contributed by atoms with Gasteiger partial charge in [-0.05, 0) is 54.1 Å². The van der Waals surface area contributed by atoms with Crippen LogP contribution >= 0.6 is 0 Å². The van der Waals surface area contributed by atoms with E-state index >= 15 is 0 Å². The largest absolute Gasteiger partial charge is 0.456 e. The molecule has 0 radical (unpaired) electrons. The van der Waals surface area contributed by atoms with Gasteiger partial charge in [0.1, 0.15) is 11.5 Å². The topological polar surface area (TPSA) is 54.9 Å². The summed E-state index contributed by atoms with van der Waals surface area (Å²) in [5.41, 5.74) is 2.92. The lowest BCUT2D eigenvalue weighted by atomic mass is 10.1. The minimum Gasteiger partial charge on any atom is -0.456 e. The predicted molar refractivity (Wildman–Crippen MR) is 116 cm³/mol. The fourth-order valence-electron chi connectivity index (χ4n) is 3.41. The lowest BCUT2D eigenvalue weighted by Gasteiger charge is -2.29. The van der Waals surface area contributed by atoms with Crippen molar-refractivity contribution in [3.63, 3.8) is 0 Å². The first-order valence-electron chi connectivity index (χ1n) is 10.0. The molecule has 0 atom stereocenters. The third-order valence-electron chi connectivity index (χ3n) is 5.05. The summed E-state index contributed by atoms with van der Waals surface area (Å²) >= 11 is 0. The zero-order valence-electron chi connectivity index (χ0n) is 17.0. The van der Waals surface area contributed by atoms with E-state index in [2.05, 4.69) is 34.1 Å². The van der Waals surface area contributed by atoms with E-state index in [-0.39, 0.29) is 5.91 Å². The Morgan fingerprint density at radius 1 is 1.03 bits per heavy atom. The predicted octanol–water partition coefficient (Wildman–Crippen LogP) is 3.98. The van der Waals surface area contributed by atoms with Gasteiger partial charge in [-0.1, -0.05) is 12.1 Å². The van der Waals surface area contributed by atoms with Crippen LogP contribution in [-0.2, 0) is 11.3 Å². The van der Waals surface area contributed by atoms with E-state index < -0.39 is 0 Å². The highest BCUT2D eigenvalue weighted by Gasteiger charge is 2.14. The highest BCUT2D eigenvalue weighted by Crippen LogP contribution is 2.22. The summed E-state index contributed by atoms with van der Waals surface area (Å²) in [7, 11) is 1.82. The van der Waals surface area contributed by atoms with E-state index in [4.69, 9.17) is 9.47 Å². The van der Waals surface area contributed by atoms with Crippen molar-refractivity contribution in [1.82, 2.24) is 9.88 Å². The summed E-state index contributed by atoms with van der Waals surface area (Å²) in [6, 6.07) is 19.2. The molecule has 1 aliphatic heterocycles. The molecule has 2 aromatic carbocycles. The van der Waals surface area contributed by atoms with Crippen LogP contribution in [0.15, 0.2) is 73.1 Å². The first-order valence-corrected chi connectivity index (χ1v) is 10.0. The Kier molecular flexibility index (Phi) is 6.25. The number of ether oxygens (including phenoxy) is 2. The molecule has 1 fully saturated rings. The number of hydrogen-bond acceptors (Lipinski definition) is 5. The second-order valence-corrected chi connectivity index (χ2v) is 7.24. The highest BCUT2D eigenvalue weighted by molar-refractivity contribution is 5.94. The maximum atomic E-state index is 12.8. The number of amides is 1. The number of benzene rings is 2. The van der Waals surface area contributed by atoms with Gasteiger partial charge >= 0.3 is 0 Å². The van der Waals surface area contributed by atoms with Gasteiger partial charge in [0.15, 0.2) is 0 Å². The number of carbonyl (C=O) groups excluding carboxylic acids is 1. The Morgan fingerprint density at radius 3 is 2.43 bits per heavy atom. The van der Waals surface area contributed by atoms with Crippen LogP contribution in [0.3, 0.4) is 0 Å². The fraction of sp³-hybridized carbons (Fsp3) is 0.250. The van der Waals surface area contributed by atoms with Crippen LogP contribution in [0.25, 0.3) is 0 Å². The van der Waals surface area contributed by atoms with Crippen LogP contribution in [0, 0.1) is 0 Å². The van der Waals surface area contributed by atoms with Crippen LogP contribution in [0.2, 0.25) is 0 Å². The second kappa shape index (κ2) is 9.41. The molecule has 0 N–H and O–H groups in total. The number of carbonyl (C=O) groups is 1. The molecule has 0 bridgehead atoms. The van der Waals surface area contributed by atoms with E-state index in [9.17, 15) is 4.79 Å². The normalized spacial score (nSPS) is 13.7. The smallest absolute Gasteiger partial charge is 0.253 e. The Morgan fingerprint density at radius 2 is 1.77 bits per heavy atom. The molecule has 1 aliphatic rings. The maximum absolute atomic E-state index is 12.8. The summed E-state index contributed by atoms with van der Waals surface area (Å²) < 4.78 is 11.1. The van der Waals surface area contributed by atoms with E-state index in [0.717, 1.165) is 31.9 Å². The fourth-order valence-corrected chi connectivity index (χ4v) is 3.41. The maximum Gasteiger partial charge on any atom is 0.253 e. The van der Waals surface area contributed by atoms with Crippen molar-refractivity contribution in [1.29, 1.82) is 0 Å². The van der Waals surface area contributed by atoms with Gasteiger partial charge in [0.05, 0.1) is 19.4 Å². The minimum atomic E-state index is -0.0276. The number of nitrogens with zero attached hydrogens (tertiary/aromatic N) is 3. The summed E-state index contributed by atoms with van der Waals surface area (Å²) in [5.74, 6) is 1.30. The van der Waals surface area contributed by atoms with Gasteiger partial charge in [-0.3, -0.25) is 9.78 Å². The summed E-state index contributed by atoms with van der Waals surface area (Å²) in [6.07, 6.45) is 3.35. The van der Waals surface area contributed by atoms with Gasteiger partial charge in [-0.2, -0.15) is 0 Å².